The summed E-state index contributed by atoms with van der Waals surface area (Å²) in [5, 5.41) is 9.40. The summed E-state index contributed by atoms with van der Waals surface area (Å²) in [6.45, 7) is 2.06. The highest BCUT2D eigenvalue weighted by molar-refractivity contribution is 5.93. The highest BCUT2D eigenvalue weighted by atomic mass is 16.1. The predicted octanol–water partition coefficient (Wildman–Crippen LogP) is 0.234. The van der Waals surface area contributed by atoms with Crippen molar-refractivity contribution in [1.82, 2.24) is 20.4 Å². The van der Waals surface area contributed by atoms with Gasteiger partial charge in [-0.3, -0.25) is 9.89 Å². The first kappa shape index (κ1) is 10.2. The molecule has 2 rings (SSSR count). The SMILES string of the molecule is CN1CCCC(NC(=O)c2cn[nH]c2)C1. The van der Waals surface area contributed by atoms with E-state index in [2.05, 4.69) is 27.5 Å². The molecule has 1 unspecified atom stereocenters. The Bertz CT molecular complexity index is 322. The Balaban J connectivity index is 1.89. The monoisotopic (exact) mass is 208 g/mol. The van der Waals surface area contributed by atoms with E-state index in [1.54, 1.807) is 12.4 Å². The van der Waals surface area contributed by atoms with Crippen LogP contribution in [0, 0.1) is 0 Å². The van der Waals surface area contributed by atoms with Crippen molar-refractivity contribution in [3.8, 4) is 0 Å². The third kappa shape index (κ3) is 2.56. The number of nitrogens with one attached hydrogen (secondary N) is 2. The molecule has 1 saturated heterocycles. The van der Waals surface area contributed by atoms with Crippen molar-refractivity contribution in [3.05, 3.63) is 18.0 Å². The minimum absolute atomic E-state index is 0.0379. The molecule has 0 bridgehead atoms. The van der Waals surface area contributed by atoms with Crippen molar-refractivity contribution in [2.45, 2.75) is 18.9 Å². The number of carbonyl (C=O) groups excluding carboxylic acids is 1. The summed E-state index contributed by atoms with van der Waals surface area (Å²) in [7, 11) is 2.08. The Morgan fingerprint density at radius 3 is 3.27 bits per heavy atom. The van der Waals surface area contributed by atoms with Gasteiger partial charge in [-0.25, -0.2) is 0 Å². The van der Waals surface area contributed by atoms with Crippen molar-refractivity contribution < 1.29 is 4.79 Å². The smallest absolute Gasteiger partial charge is 0.254 e. The number of rotatable bonds is 2. The van der Waals surface area contributed by atoms with E-state index in [9.17, 15) is 4.79 Å². The van der Waals surface area contributed by atoms with Gasteiger partial charge >= 0.3 is 0 Å². The van der Waals surface area contributed by atoms with E-state index in [0.717, 1.165) is 25.9 Å². The Labute approximate surface area is 88.8 Å². The molecule has 1 amide bonds. The number of hydrogen-bond donors (Lipinski definition) is 2. The number of likely N-dealkylation sites (N-methyl/N-ethyl adjacent to an activating group) is 1. The van der Waals surface area contributed by atoms with Crippen LogP contribution in [-0.2, 0) is 0 Å². The van der Waals surface area contributed by atoms with E-state index in [1.807, 2.05) is 0 Å². The minimum Gasteiger partial charge on any atom is -0.348 e. The Morgan fingerprint density at radius 1 is 1.73 bits per heavy atom. The van der Waals surface area contributed by atoms with Crippen LogP contribution in [0.4, 0.5) is 0 Å². The average Bonchev–Trinajstić information content (AvgIpc) is 2.70. The summed E-state index contributed by atoms with van der Waals surface area (Å²) in [6, 6.07) is 0.270. The molecule has 2 heterocycles. The van der Waals surface area contributed by atoms with Gasteiger partial charge in [-0.1, -0.05) is 0 Å². The van der Waals surface area contributed by atoms with Crippen LogP contribution in [0.15, 0.2) is 12.4 Å². The normalized spacial score (nSPS) is 22.6. The molecule has 1 aliphatic rings. The summed E-state index contributed by atoms with van der Waals surface area (Å²) in [4.78, 5) is 13.9. The maximum absolute atomic E-state index is 11.7. The third-order valence-corrected chi connectivity index (χ3v) is 2.72. The third-order valence-electron chi connectivity index (χ3n) is 2.72. The van der Waals surface area contributed by atoms with Crippen LogP contribution in [0.5, 0.6) is 0 Å². The molecule has 5 nitrogen and oxygen atoms in total. The lowest BCUT2D eigenvalue weighted by molar-refractivity contribution is 0.0912. The lowest BCUT2D eigenvalue weighted by Crippen LogP contribution is -2.46. The molecule has 15 heavy (non-hydrogen) atoms. The maximum Gasteiger partial charge on any atom is 0.254 e. The lowest BCUT2D eigenvalue weighted by atomic mass is 10.1. The first-order valence-electron chi connectivity index (χ1n) is 5.24. The van der Waals surface area contributed by atoms with Gasteiger partial charge in [0, 0.05) is 18.8 Å². The fourth-order valence-electron chi connectivity index (χ4n) is 1.93. The fourth-order valence-corrected chi connectivity index (χ4v) is 1.93. The summed E-state index contributed by atoms with van der Waals surface area (Å²) in [6.07, 6.45) is 5.37. The molecule has 0 saturated carbocycles. The zero-order valence-corrected chi connectivity index (χ0v) is 8.86. The zero-order chi connectivity index (χ0) is 10.7. The van der Waals surface area contributed by atoms with Crippen LogP contribution in [0.3, 0.4) is 0 Å². The van der Waals surface area contributed by atoms with E-state index in [0.29, 0.717) is 5.56 Å². The van der Waals surface area contributed by atoms with Crippen molar-refractivity contribution in [3.63, 3.8) is 0 Å². The van der Waals surface area contributed by atoms with E-state index >= 15 is 0 Å². The molecule has 0 aliphatic carbocycles. The molecule has 0 radical (unpaired) electrons. The molecule has 5 heteroatoms. The number of carbonyl (C=O) groups is 1. The molecule has 1 fully saturated rings. The van der Waals surface area contributed by atoms with Gasteiger partial charge in [0.25, 0.3) is 5.91 Å². The number of piperidine rings is 1. The Kier molecular flexibility index (Phi) is 3.01. The Morgan fingerprint density at radius 2 is 2.60 bits per heavy atom. The molecule has 2 N–H and O–H groups in total. The second-order valence-electron chi connectivity index (χ2n) is 4.06. The number of amides is 1. The molecule has 0 aromatic carbocycles. The first-order valence-corrected chi connectivity index (χ1v) is 5.24. The van der Waals surface area contributed by atoms with E-state index in [-0.39, 0.29) is 11.9 Å². The van der Waals surface area contributed by atoms with E-state index < -0.39 is 0 Å². The van der Waals surface area contributed by atoms with Crippen LogP contribution < -0.4 is 5.32 Å². The van der Waals surface area contributed by atoms with Gasteiger partial charge in [0.05, 0.1) is 11.8 Å². The number of H-pyrrole nitrogens is 1. The van der Waals surface area contributed by atoms with Gasteiger partial charge in [-0.05, 0) is 26.4 Å². The molecule has 1 aliphatic heterocycles. The van der Waals surface area contributed by atoms with E-state index in [1.165, 1.54) is 0 Å². The van der Waals surface area contributed by atoms with Crippen LogP contribution in [0.1, 0.15) is 23.2 Å². The topological polar surface area (TPSA) is 61.0 Å². The summed E-state index contributed by atoms with van der Waals surface area (Å²) in [5.74, 6) is -0.0379. The second-order valence-corrected chi connectivity index (χ2v) is 4.06. The van der Waals surface area contributed by atoms with Crippen molar-refractivity contribution in [2.24, 2.45) is 0 Å². The number of aromatic nitrogens is 2. The predicted molar refractivity (Wildman–Crippen MR) is 56.6 cm³/mol. The van der Waals surface area contributed by atoms with Crippen molar-refractivity contribution in [2.75, 3.05) is 20.1 Å². The molecule has 0 spiro atoms. The molecule has 1 aromatic rings. The lowest BCUT2D eigenvalue weighted by Gasteiger charge is -2.30. The first-order chi connectivity index (χ1) is 7.25. The average molecular weight is 208 g/mol. The van der Waals surface area contributed by atoms with Gasteiger partial charge in [0.1, 0.15) is 0 Å². The molecule has 1 aromatic heterocycles. The van der Waals surface area contributed by atoms with Gasteiger partial charge in [0.15, 0.2) is 0 Å². The van der Waals surface area contributed by atoms with Crippen LogP contribution in [-0.4, -0.2) is 47.2 Å². The minimum atomic E-state index is -0.0379. The number of aromatic amines is 1. The summed E-state index contributed by atoms with van der Waals surface area (Å²) < 4.78 is 0. The highest BCUT2D eigenvalue weighted by Crippen LogP contribution is 2.08. The molecule has 82 valence electrons. The van der Waals surface area contributed by atoms with Crippen LogP contribution in [0.25, 0.3) is 0 Å². The number of hydrogen-bond acceptors (Lipinski definition) is 3. The molecular weight excluding hydrogens is 192 g/mol. The number of nitrogens with zero attached hydrogens (tertiary/aromatic N) is 2. The van der Waals surface area contributed by atoms with Crippen molar-refractivity contribution >= 4 is 5.91 Å². The van der Waals surface area contributed by atoms with Gasteiger partial charge in [-0.15, -0.1) is 0 Å². The fraction of sp³-hybridized carbons (Fsp3) is 0.600. The van der Waals surface area contributed by atoms with Crippen LogP contribution >= 0.6 is 0 Å². The van der Waals surface area contributed by atoms with Gasteiger partial charge in [0.2, 0.25) is 0 Å². The maximum atomic E-state index is 11.7. The van der Waals surface area contributed by atoms with E-state index in [4.69, 9.17) is 0 Å². The van der Waals surface area contributed by atoms with Crippen LogP contribution in [0.2, 0.25) is 0 Å². The highest BCUT2D eigenvalue weighted by Gasteiger charge is 2.19. The van der Waals surface area contributed by atoms with Gasteiger partial charge < -0.3 is 10.2 Å². The summed E-state index contributed by atoms with van der Waals surface area (Å²) in [5.41, 5.74) is 0.600. The number of likely N-dealkylation sites (tertiary alicyclic amines) is 1. The molecule has 1 atom stereocenters. The Hall–Kier alpha value is -1.36. The quantitative estimate of drug-likeness (QED) is 0.731. The summed E-state index contributed by atoms with van der Waals surface area (Å²) >= 11 is 0. The molecular formula is C10H16N4O. The second kappa shape index (κ2) is 4.44. The van der Waals surface area contributed by atoms with Crippen molar-refractivity contribution in [1.29, 1.82) is 0 Å². The van der Waals surface area contributed by atoms with Gasteiger partial charge in [-0.2, -0.15) is 5.10 Å². The zero-order valence-electron chi connectivity index (χ0n) is 8.86. The largest absolute Gasteiger partial charge is 0.348 e. The standard InChI is InChI=1S/C10H16N4O/c1-14-4-2-3-9(7-14)13-10(15)8-5-11-12-6-8/h5-6,9H,2-4,7H2,1H3,(H,11,12)(H,13,15).